The molecule has 1 saturated heterocycles. The number of benzene rings is 1. The Morgan fingerprint density at radius 2 is 2.00 bits per heavy atom. The van der Waals surface area contributed by atoms with Crippen molar-refractivity contribution in [1.29, 1.82) is 0 Å². The van der Waals surface area contributed by atoms with Gasteiger partial charge in [-0.2, -0.15) is 13.2 Å². The molecular formula is C13H13F3N2O3. The first-order valence-electron chi connectivity index (χ1n) is 6.19. The van der Waals surface area contributed by atoms with Gasteiger partial charge in [-0.1, -0.05) is 0 Å². The number of carboxylic acids is 1. The van der Waals surface area contributed by atoms with E-state index in [9.17, 15) is 22.8 Å². The molecule has 1 heterocycles. The Kier molecular flexibility index (Phi) is 3.80. The summed E-state index contributed by atoms with van der Waals surface area (Å²) in [4.78, 5) is 23.9. The van der Waals surface area contributed by atoms with Crippen molar-refractivity contribution in [1.82, 2.24) is 0 Å². The van der Waals surface area contributed by atoms with E-state index in [1.807, 2.05) is 0 Å². The van der Waals surface area contributed by atoms with Crippen LogP contribution in [0.2, 0.25) is 0 Å². The topological polar surface area (TPSA) is 83.6 Å². The highest BCUT2D eigenvalue weighted by Crippen LogP contribution is 2.34. The highest BCUT2D eigenvalue weighted by molar-refractivity contribution is 5.99. The fraction of sp³-hybridized carbons (Fsp3) is 0.385. The lowest BCUT2D eigenvalue weighted by Crippen LogP contribution is -2.26. The molecule has 3 N–H and O–H groups in total. The maximum Gasteiger partial charge on any atom is 0.416 e. The zero-order valence-corrected chi connectivity index (χ0v) is 10.9. The van der Waals surface area contributed by atoms with Crippen molar-refractivity contribution < 1.29 is 27.9 Å². The van der Waals surface area contributed by atoms with Crippen LogP contribution in [0.25, 0.3) is 0 Å². The first kappa shape index (κ1) is 15.1. The molecule has 1 amide bonds. The summed E-state index contributed by atoms with van der Waals surface area (Å²) < 4.78 is 38.0. The lowest BCUT2D eigenvalue weighted by Gasteiger charge is -2.21. The highest BCUT2D eigenvalue weighted by atomic mass is 19.4. The molecule has 1 unspecified atom stereocenters. The van der Waals surface area contributed by atoms with Gasteiger partial charge in [-0.3, -0.25) is 9.59 Å². The van der Waals surface area contributed by atoms with E-state index in [1.54, 1.807) is 4.90 Å². The van der Waals surface area contributed by atoms with E-state index in [4.69, 9.17) is 10.8 Å². The fourth-order valence-corrected chi connectivity index (χ4v) is 2.37. The number of halogens is 3. The van der Waals surface area contributed by atoms with Crippen LogP contribution in [0.5, 0.6) is 0 Å². The molecule has 114 valence electrons. The van der Waals surface area contributed by atoms with Crippen LogP contribution in [0.1, 0.15) is 22.3 Å². The minimum Gasteiger partial charge on any atom is -0.481 e. The molecule has 8 heteroatoms. The van der Waals surface area contributed by atoms with Crippen molar-refractivity contribution in [2.75, 3.05) is 18.0 Å². The van der Waals surface area contributed by atoms with Crippen molar-refractivity contribution in [2.24, 2.45) is 11.7 Å². The number of amides is 1. The lowest BCUT2D eigenvalue weighted by molar-refractivity contribution is -0.141. The molecule has 1 aliphatic heterocycles. The SMILES string of the molecule is NC(=O)c1cc(C(F)(F)F)ccc1N1CCC(C(=O)O)C1. The first-order chi connectivity index (χ1) is 9.70. The lowest BCUT2D eigenvalue weighted by atomic mass is 10.1. The number of hydrogen-bond donors (Lipinski definition) is 2. The molecular weight excluding hydrogens is 289 g/mol. The third-order valence-corrected chi connectivity index (χ3v) is 3.47. The number of nitrogens with zero attached hydrogens (tertiary/aromatic N) is 1. The molecule has 1 aromatic rings. The number of carbonyl (C=O) groups is 2. The van der Waals surface area contributed by atoms with Gasteiger partial charge < -0.3 is 15.7 Å². The van der Waals surface area contributed by atoms with Crippen LogP contribution in [0.3, 0.4) is 0 Å². The van der Waals surface area contributed by atoms with Gasteiger partial charge in [-0.25, -0.2) is 0 Å². The number of aliphatic carboxylic acids is 1. The number of hydrogen-bond acceptors (Lipinski definition) is 3. The normalized spacial score (nSPS) is 18.8. The van der Waals surface area contributed by atoms with E-state index in [0.717, 1.165) is 12.1 Å². The number of rotatable bonds is 3. The van der Waals surface area contributed by atoms with Gasteiger partial charge in [0.15, 0.2) is 0 Å². The second kappa shape index (κ2) is 5.27. The van der Waals surface area contributed by atoms with Crippen LogP contribution >= 0.6 is 0 Å². The average Bonchev–Trinajstić information content (AvgIpc) is 2.86. The quantitative estimate of drug-likeness (QED) is 0.890. The van der Waals surface area contributed by atoms with Crippen molar-refractivity contribution in [2.45, 2.75) is 12.6 Å². The van der Waals surface area contributed by atoms with Crippen LogP contribution in [0, 0.1) is 5.92 Å². The monoisotopic (exact) mass is 302 g/mol. The Morgan fingerprint density at radius 1 is 1.33 bits per heavy atom. The second-order valence-electron chi connectivity index (χ2n) is 4.86. The smallest absolute Gasteiger partial charge is 0.416 e. The van der Waals surface area contributed by atoms with Gasteiger partial charge in [0.05, 0.1) is 17.0 Å². The summed E-state index contributed by atoms with van der Waals surface area (Å²) >= 11 is 0. The minimum absolute atomic E-state index is 0.140. The molecule has 1 aromatic carbocycles. The number of nitrogens with two attached hydrogens (primary N) is 1. The first-order valence-corrected chi connectivity index (χ1v) is 6.19. The zero-order chi connectivity index (χ0) is 15.8. The molecule has 2 rings (SSSR count). The van der Waals surface area contributed by atoms with E-state index >= 15 is 0 Å². The van der Waals surface area contributed by atoms with Crippen LogP contribution in [0.4, 0.5) is 18.9 Å². The summed E-state index contributed by atoms with van der Waals surface area (Å²) in [6.45, 7) is 0.490. The second-order valence-corrected chi connectivity index (χ2v) is 4.86. The molecule has 0 aromatic heterocycles. The maximum absolute atomic E-state index is 12.7. The predicted octanol–water partition coefficient (Wildman–Crippen LogP) is 1.72. The minimum atomic E-state index is -4.57. The van der Waals surface area contributed by atoms with Gasteiger partial charge in [-0.15, -0.1) is 0 Å². The predicted molar refractivity (Wildman–Crippen MR) is 67.9 cm³/mol. The fourth-order valence-electron chi connectivity index (χ4n) is 2.37. The molecule has 5 nitrogen and oxygen atoms in total. The van der Waals surface area contributed by atoms with E-state index < -0.39 is 29.5 Å². The van der Waals surface area contributed by atoms with E-state index in [1.165, 1.54) is 0 Å². The molecule has 1 aliphatic rings. The summed E-state index contributed by atoms with van der Waals surface area (Å²) in [5, 5.41) is 8.94. The Balaban J connectivity index is 2.36. The largest absolute Gasteiger partial charge is 0.481 e. The number of alkyl halides is 3. The van der Waals surface area contributed by atoms with E-state index in [2.05, 4.69) is 0 Å². The van der Waals surface area contributed by atoms with Crippen molar-refractivity contribution in [3.8, 4) is 0 Å². The summed E-state index contributed by atoms with van der Waals surface area (Å²) in [7, 11) is 0. The van der Waals surface area contributed by atoms with Crippen molar-refractivity contribution >= 4 is 17.6 Å². The summed E-state index contributed by atoms with van der Waals surface area (Å²) in [6.07, 6.45) is -4.20. The van der Waals surface area contributed by atoms with Gasteiger partial charge in [0, 0.05) is 18.8 Å². The average molecular weight is 302 g/mol. The van der Waals surface area contributed by atoms with E-state index in [0.29, 0.717) is 19.0 Å². The molecule has 0 radical (unpaired) electrons. The third-order valence-electron chi connectivity index (χ3n) is 3.47. The summed E-state index contributed by atoms with van der Waals surface area (Å²) in [5.74, 6) is -2.55. The molecule has 1 fully saturated rings. The van der Waals surface area contributed by atoms with Crippen LogP contribution in [-0.4, -0.2) is 30.1 Å². The van der Waals surface area contributed by atoms with Gasteiger partial charge >= 0.3 is 12.1 Å². The van der Waals surface area contributed by atoms with Crippen molar-refractivity contribution in [3.63, 3.8) is 0 Å². The molecule has 0 saturated carbocycles. The molecule has 1 atom stereocenters. The zero-order valence-electron chi connectivity index (χ0n) is 10.9. The van der Waals surface area contributed by atoms with Crippen LogP contribution in [0.15, 0.2) is 18.2 Å². The summed E-state index contributed by atoms with van der Waals surface area (Å²) in [6, 6.07) is 2.72. The Bertz CT molecular complexity index is 587. The maximum atomic E-state index is 12.7. The number of anilines is 1. The number of primary amides is 1. The third kappa shape index (κ3) is 3.09. The molecule has 0 aliphatic carbocycles. The van der Waals surface area contributed by atoms with Crippen LogP contribution < -0.4 is 10.6 Å². The Hall–Kier alpha value is -2.25. The molecule has 0 spiro atoms. The molecule has 21 heavy (non-hydrogen) atoms. The Labute approximate surface area is 118 Å². The Morgan fingerprint density at radius 3 is 2.48 bits per heavy atom. The van der Waals surface area contributed by atoms with Gasteiger partial charge in [0.1, 0.15) is 0 Å². The summed E-state index contributed by atoms with van der Waals surface area (Å²) in [5.41, 5.74) is 4.16. The highest BCUT2D eigenvalue weighted by Gasteiger charge is 2.34. The van der Waals surface area contributed by atoms with Crippen molar-refractivity contribution in [3.05, 3.63) is 29.3 Å². The standard InChI is InChI=1S/C13H13F3N2O3/c14-13(15,16)8-1-2-10(9(5-8)11(17)19)18-4-3-7(6-18)12(20)21/h1-2,5,7H,3-4,6H2,(H2,17,19)(H,20,21). The number of carbonyl (C=O) groups excluding carboxylic acids is 1. The van der Waals surface area contributed by atoms with Crippen LogP contribution in [-0.2, 0) is 11.0 Å². The van der Waals surface area contributed by atoms with E-state index in [-0.39, 0.29) is 17.8 Å². The van der Waals surface area contributed by atoms with Gasteiger partial charge in [0.2, 0.25) is 0 Å². The van der Waals surface area contributed by atoms with Gasteiger partial charge in [-0.05, 0) is 24.6 Å². The molecule has 0 bridgehead atoms. The number of carboxylic acid groups (broad SMARTS) is 1. The van der Waals surface area contributed by atoms with Gasteiger partial charge in [0.25, 0.3) is 5.91 Å².